The smallest absolute Gasteiger partial charge is 0.272 e. The van der Waals surface area contributed by atoms with Gasteiger partial charge in [-0.2, -0.15) is 0 Å². The van der Waals surface area contributed by atoms with Gasteiger partial charge in [0.1, 0.15) is 11.1 Å². The van der Waals surface area contributed by atoms with Crippen LogP contribution < -0.4 is 15.4 Å². The van der Waals surface area contributed by atoms with Gasteiger partial charge in [0.2, 0.25) is 10.0 Å². The lowest BCUT2D eigenvalue weighted by Gasteiger charge is -2.02. The molecule has 0 bridgehead atoms. The normalized spacial score (nSPS) is 11.3. The number of nitrogens with two attached hydrogens (primary N) is 1. The fraction of sp³-hybridized carbons (Fsp3) is 0.214. The third-order valence-corrected chi connectivity index (χ3v) is 4.74. The van der Waals surface area contributed by atoms with Gasteiger partial charge in [0.05, 0.1) is 6.54 Å². The Hall–Kier alpha value is -1.57. The molecular weight excluding hydrogens is 306 g/mol. The number of H-pyrrole nitrogens is 1. The summed E-state index contributed by atoms with van der Waals surface area (Å²) in [5.74, 6) is 1.67. The van der Waals surface area contributed by atoms with Crippen molar-refractivity contribution in [2.75, 3.05) is 17.6 Å². The van der Waals surface area contributed by atoms with Gasteiger partial charge in [0.15, 0.2) is 0 Å². The molecular formula is C14H18N3O2S2+. The number of nitrogens with one attached hydrogen (secondary N) is 2. The average molecular weight is 324 g/mol. The predicted molar refractivity (Wildman–Crippen MR) is 84.8 cm³/mol. The fourth-order valence-corrected chi connectivity index (χ4v) is 2.94. The zero-order valence-electron chi connectivity index (χ0n) is 11.7. The molecule has 0 amide bonds. The molecule has 2 rings (SSSR count). The summed E-state index contributed by atoms with van der Waals surface area (Å²) in [5.41, 5.74) is 1.25. The Balaban J connectivity index is 1.80. The van der Waals surface area contributed by atoms with E-state index in [9.17, 15) is 8.42 Å². The number of primary sulfonamides is 1. The number of aryl methyl sites for hydroxylation is 1. The lowest BCUT2D eigenvalue weighted by Crippen LogP contribution is -2.19. The molecule has 0 saturated heterocycles. The maximum Gasteiger partial charge on any atom is 0.272 e. The number of pyridine rings is 1. The maximum absolute atomic E-state index is 11.1. The summed E-state index contributed by atoms with van der Waals surface area (Å²) < 4.78 is 22.2. The highest BCUT2D eigenvalue weighted by Gasteiger charge is 2.10. The van der Waals surface area contributed by atoms with Gasteiger partial charge in [-0.25, -0.2) is 18.5 Å². The van der Waals surface area contributed by atoms with Gasteiger partial charge in [-0.1, -0.05) is 17.7 Å². The topological polar surface area (TPSA) is 86.3 Å². The minimum Gasteiger partial charge on any atom is -0.274 e. The molecule has 1 heterocycles. The number of benzene rings is 1. The van der Waals surface area contributed by atoms with E-state index >= 15 is 0 Å². The Kier molecular flexibility index (Phi) is 5.22. The third-order valence-electron chi connectivity index (χ3n) is 2.82. The molecule has 7 heteroatoms. The number of hydrogen-bond donors (Lipinski definition) is 2. The highest BCUT2D eigenvalue weighted by Crippen LogP contribution is 2.17. The van der Waals surface area contributed by atoms with Crippen LogP contribution in [0.4, 0.5) is 5.82 Å². The zero-order chi connectivity index (χ0) is 15.3. The molecule has 21 heavy (non-hydrogen) atoms. The molecule has 1 aromatic carbocycles. The average Bonchev–Trinajstić information content (AvgIpc) is 2.45. The number of aromatic nitrogens is 1. The molecule has 0 aliphatic rings. The van der Waals surface area contributed by atoms with Crippen molar-refractivity contribution in [3.63, 3.8) is 0 Å². The number of rotatable bonds is 6. The molecule has 0 atom stereocenters. The number of thioether (sulfide) groups is 1. The number of aromatic amines is 1. The fourth-order valence-electron chi connectivity index (χ4n) is 1.69. The first-order valence-electron chi connectivity index (χ1n) is 6.43. The van der Waals surface area contributed by atoms with Crippen LogP contribution in [0, 0.1) is 6.92 Å². The number of anilines is 1. The molecule has 0 fully saturated rings. The summed E-state index contributed by atoms with van der Waals surface area (Å²) in [6.07, 6.45) is 1.38. The molecule has 0 spiro atoms. The van der Waals surface area contributed by atoms with Gasteiger partial charge in [-0.3, -0.25) is 5.32 Å². The summed E-state index contributed by atoms with van der Waals surface area (Å²) in [6, 6.07) is 11.5. The molecule has 0 radical (unpaired) electrons. The Bertz CT molecular complexity index is 683. The molecule has 0 saturated carbocycles. The van der Waals surface area contributed by atoms with Crippen LogP contribution in [0.15, 0.2) is 52.4 Å². The van der Waals surface area contributed by atoms with E-state index in [0.29, 0.717) is 0 Å². The SMILES string of the molecule is Cc1ccc(SCCNc2ccc(S(N)(=O)=O)c[nH+]2)cc1. The van der Waals surface area contributed by atoms with Crippen molar-refractivity contribution in [1.82, 2.24) is 0 Å². The Morgan fingerprint density at radius 2 is 1.90 bits per heavy atom. The lowest BCUT2D eigenvalue weighted by atomic mass is 10.2. The summed E-state index contributed by atoms with van der Waals surface area (Å²) in [5, 5.41) is 8.22. The first kappa shape index (κ1) is 15.8. The Labute approximate surface area is 129 Å². The van der Waals surface area contributed by atoms with Crippen LogP contribution in [0.5, 0.6) is 0 Å². The van der Waals surface area contributed by atoms with E-state index < -0.39 is 10.0 Å². The highest BCUT2D eigenvalue weighted by molar-refractivity contribution is 7.99. The lowest BCUT2D eigenvalue weighted by molar-refractivity contribution is -0.364. The Morgan fingerprint density at radius 1 is 1.19 bits per heavy atom. The van der Waals surface area contributed by atoms with E-state index in [1.165, 1.54) is 22.7 Å². The van der Waals surface area contributed by atoms with Crippen LogP contribution in [0.3, 0.4) is 0 Å². The maximum atomic E-state index is 11.1. The Morgan fingerprint density at radius 3 is 2.48 bits per heavy atom. The summed E-state index contributed by atoms with van der Waals surface area (Å²) in [6.45, 7) is 2.83. The molecule has 1 aromatic heterocycles. The van der Waals surface area contributed by atoms with E-state index in [0.717, 1.165) is 18.1 Å². The minimum atomic E-state index is -3.65. The second kappa shape index (κ2) is 6.93. The molecule has 0 aliphatic heterocycles. The van der Waals surface area contributed by atoms with Crippen LogP contribution in [0.2, 0.25) is 0 Å². The molecule has 2 aromatic rings. The minimum absolute atomic E-state index is 0.0714. The monoisotopic (exact) mass is 324 g/mol. The first-order valence-corrected chi connectivity index (χ1v) is 8.96. The van der Waals surface area contributed by atoms with Crippen LogP contribution in [0.25, 0.3) is 0 Å². The zero-order valence-corrected chi connectivity index (χ0v) is 13.3. The van der Waals surface area contributed by atoms with Crippen molar-refractivity contribution < 1.29 is 13.4 Å². The standard InChI is InChI=1S/C14H17N3O2S2/c1-11-2-4-12(5-3-11)20-9-8-16-14-7-6-13(10-17-14)21(15,18)19/h2-7,10H,8-9H2,1H3,(H,16,17)(H2,15,18,19)/p+1. The van der Waals surface area contributed by atoms with Crippen LogP contribution >= 0.6 is 11.8 Å². The van der Waals surface area contributed by atoms with E-state index in [2.05, 4.69) is 41.5 Å². The number of sulfonamides is 1. The van der Waals surface area contributed by atoms with Crippen LogP contribution in [-0.2, 0) is 10.0 Å². The molecule has 112 valence electrons. The molecule has 4 N–H and O–H groups in total. The van der Waals surface area contributed by atoms with Gasteiger partial charge in [0.25, 0.3) is 5.82 Å². The van der Waals surface area contributed by atoms with Crippen molar-refractivity contribution in [3.05, 3.63) is 48.2 Å². The molecule has 5 nitrogen and oxygen atoms in total. The van der Waals surface area contributed by atoms with Crippen molar-refractivity contribution in [3.8, 4) is 0 Å². The van der Waals surface area contributed by atoms with Crippen molar-refractivity contribution in [2.24, 2.45) is 5.14 Å². The van der Waals surface area contributed by atoms with Gasteiger partial charge < -0.3 is 0 Å². The van der Waals surface area contributed by atoms with Gasteiger partial charge in [0, 0.05) is 16.7 Å². The second-order valence-corrected chi connectivity index (χ2v) is 7.30. The van der Waals surface area contributed by atoms with E-state index in [4.69, 9.17) is 5.14 Å². The summed E-state index contributed by atoms with van der Waals surface area (Å²) in [4.78, 5) is 4.17. The first-order chi connectivity index (χ1) is 9.95. The van der Waals surface area contributed by atoms with Crippen molar-refractivity contribution in [2.45, 2.75) is 16.7 Å². The summed E-state index contributed by atoms with van der Waals surface area (Å²) >= 11 is 1.76. The van der Waals surface area contributed by atoms with E-state index in [1.54, 1.807) is 17.8 Å². The molecule has 0 unspecified atom stereocenters. The van der Waals surface area contributed by atoms with E-state index in [-0.39, 0.29) is 4.90 Å². The van der Waals surface area contributed by atoms with E-state index in [1.807, 2.05) is 0 Å². The predicted octanol–water partition coefficient (Wildman–Crippen LogP) is 1.66. The van der Waals surface area contributed by atoms with Gasteiger partial charge in [-0.05, 0) is 25.1 Å². The van der Waals surface area contributed by atoms with Crippen LogP contribution in [-0.4, -0.2) is 20.7 Å². The quantitative estimate of drug-likeness (QED) is 0.625. The third kappa shape index (κ3) is 5.04. The highest BCUT2D eigenvalue weighted by atomic mass is 32.2. The molecule has 0 aliphatic carbocycles. The summed E-state index contributed by atoms with van der Waals surface area (Å²) in [7, 11) is -3.65. The van der Waals surface area contributed by atoms with Crippen molar-refractivity contribution >= 4 is 27.6 Å². The second-order valence-electron chi connectivity index (χ2n) is 4.57. The number of hydrogen-bond acceptors (Lipinski definition) is 4. The van der Waals surface area contributed by atoms with Crippen molar-refractivity contribution in [1.29, 1.82) is 0 Å². The largest absolute Gasteiger partial charge is 0.274 e. The van der Waals surface area contributed by atoms with Gasteiger partial charge >= 0.3 is 0 Å². The van der Waals surface area contributed by atoms with Gasteiger partial charge in [-0.15, -0.1) is 11.8 Å². The van der Waals surface area contributed by atoms with Crippen LogP contribution in [0.1, 0.15) is 5.56 Å².